The molecule has 3 rings (SSSR count). The minimum absolute atomic E-state index is 0.108. The van der Waals surface area contributed by atoms with Crippen LogP contribution in [-0.2, 0) is 14.3 Å². The number of pyridine rings is 1. The zero-order valence-electron chi connectivity index (χ0n) is 18.0. The minimum atomic E-state index is -1.06. The van der Waals surface area contributed by atoms with Crippen LogP contribution in [0.4, 0.5) is 11.5 Å². The van der Waals surface area contributed by atoms with Crippen molar-refractivity contribution in [1.82, 2.24) is 4.98 Å². The molecule has 9 heteroatoms. The molecule has 0 radical (unpaired) electrons. The van der Waals surface area contributed by atoms with Gasteiger partial charge in [-0.1, -0.05) is 41.4 Å². The standard InChI is InChI=1S/C24H22ClN3O4S/c1-15-7-10-18(11-8-15)27-22(29)14-33-20-6-4-3-5-19(20)24(31)32-16(2)23(30)28-21-12-9-17(25)13-26-21/h3-13,16H,14H2,1-2H3,(H,27,29)(H,26,28,30)/t16-/m0/s1. The zero-order valence-corrected chi connectivity index (χ0v) is 19.6. The Morgan fingerprint density at radius 1 is 1.03 bits per heavy atom. The topological polar surface area (TPSA) is 97.4 Å². The number of aromatic nitrogens is 1. The van der Waals surface area contributed by atoms with Crippen LogP contribution in [0.2, 0.25) is 5.02 Å². The zero-order chi connectivity index (χ0) is 23.8. The Hall–Kier alpha value is -3.36. The molecule has 2 amide bonds. The maximum absolute atomic E-state index is 12.7. The van der Waals surface area contributed by atoms with Crippen LogP contribution < -0.4 is 10.6 Å². The second-order valence-corrected chi connectivity index (χ2v) is 8.55. The molecule has 3 aromatic rings. The second kappa shape index (κ2) is 11.5. The van der Waals surface area contributed by atoms with Gasteiger partial charge in [0.15, 0.2) is 6.10 Å². The molecule has 0 saturated carbocycles. The lowest BCUT2D eigenvalue weighted by Crippen LogP contribution is -2.30. The lowest BCUT2D eigenvalue weighted by molar-refractivity contribution is -0.123. The SMILES string of the molecule is Cc1ccc(NC(=O)CSc2ccccc2C(=O)O[C@@H](C)C(=O)Nc2ccc(Cl)cn2)cc1. The van der Waals surface area contributed by atoms with Gasteiger partial charge in [0.05, 0.1) is 16.3 Å². The fourth-order valence-corrected chi connectivity index (χ4v) is 3.65. The maximum atomic E-state index is 12.7. The molecule has 0 aliphatic rings. The smallest absolute Gasteiger partial charge is 0.340 e. The van der Waals surface area contributed by atoms with Crippen molar-refractivity contribution in [2.75, 3.05) is 16.4 Å². The van der Waals surface area contributed by atoms with E-state index in [1.807, 2.05) is 31.2 Å². The predicted octanol–water partition coefficient (Wildman–Crippen LogP) is 4.96. The normalized spacial score (nSPS) is 11.4. The van der Waals surface area contributed by atoms with E-state index in [1.54, 1.807) is 36.4 Å². The molecular weight excluding hydrogens is 462 g/mol. The van der Waals surface area contributed by atoms with E-state index in [4.69, 9.17) is 16.3 Å². The van der Waals surface area contributed by atoms with E-state index in [-0.39, 0.29) is 17.2 Å². The van der Waals surface area contributed by atoms with Gasteiger partial charge >= 0.3 is 5.97 Å². The molecule has 0 bridgehead atoms. The summed E-state index contributed by atoms with van der Waals surface area (Å²) in [6.45, 7) is 3.43. The number of carbonyl (C=O) groups is 3. The van der Waals surface area contributed by atoms with Crippen LogP contribution >= 0.6 is 23.4 Å². The van der Waals surface area contributed by atoms with Crippen molar-refractivity contribution in [1.29, 1.82) is 0 Å². The van der Waals surface area contributed by atoms with Crippen molar-refractivity contribution in [3.63, 3.8) is 0 Å². The molecule has 0 aliphatic heterocycles. The van der Waals surface area contributed by atoms with E-state index in [9.17, 15) is 14.4 Å². The van der Waals surface area contributed by atoms with Crippen LogP contribution in [0.1, 0.15) is 22.8 Å². The molecule has 0 saturated heterocycles. The minimum Gasteiger partial charge on any atom is -0.449 e. The quantitative estimate of drug-likeness (QED) is 0.347. The lowest BCUT2D eigenvalue weighted by atomic mass is 10.2. The van der Waals surface area contributed by atoms with Gasteiger partial charge in [-0.2, -0.15) is 0 Å². The molecule has 0 aliphatic carbocycles. The van der Waals surface area contributed by atoms with Gasteiger partial charge in [0, 0.05) is 16.8 Å². The van der Waals surface area contributed by atoms with Crippen LogP contribution in [0.5, 0.6) is 0 Å². The third-order valence-electron chi connectivity index (χ3n) is 4.43. The molecule has 2 aromatic carbocycles. The number of anilines is 2. The summed E-state index contributed by atoms with van der Waals surface area (Å²) in [4.78, 5) is 41.9. The molecule has 33 heavy (non-hydrogen) atoms. The van der Waals surface area contributed by atoms with Crippen molar-refractivity contribution in [3.8, 4) is 0 Å². The fraction of sp³-hybridized carbons (Fsp3) is 0.167. The summed E-state index contributed by atoms with van der Waals surface area (Å²) < 4.78 is 5.33. The van der Waals surface area contributed by atoms with Gasteiger partial charge in [-0.15, -0.1) is 11.8 Å². The second-order valence-electron chi connectivity index (χ2n) is 7.10. The average molecular weight is 484 g/mol. The highest BCUT2D eigenvalue weighted by Gasteiger charge is 2.21. The number of ether oxygens (including phenoxy) is 1. The maximum Gasteiger partial charge on any atom is 0.340 e. The first-order valence-electron chi connectivity index (χ1n) is 10.0. The number of esters is 1. The van der Waals surface area contributed by atoms with Crippen molar-refractivity contribution in [2.24, 2.45) is 0 Å². The van der Waals surface area contributed by atoms with E-state index in [2.05, 4.69) is 15.6 Å². The number of aryl methyl sites for hydroxylation is 1. The summed E-state index contributed by atoms with van der Waals surface area (Å²) in [5.74, 6) is -0.987. The predicted molar refractivity (Wildman–Crippen MR) is 130 cm³/mol. The van der Waals surface area contributed by atoms with Crippen LogP contribution in [0.15, 0.2) is 71.8 Å². The fourth-order valence-electron chi connectivity index (χ4n) is 2.69. The van der Waals surface area contributed by atoms with Crippen molar-refractivity contribution in [3.05, 3.63) is 83.0 Å². The van der Waals surface area contributed by atoms with Crippen molar-refractivity contribution in [2.45, 2.75) is 24.8 Å². The number of hydrogen-bond donors (Lipinski definition) is 2. The molecule has 170 valence electrons. The highest BCUT2D eigenvalue weighted by Crippen LogP contribution is 2.24. The van der Waals surface area contributed by atoms with E-state index in [0.29, 0.717) is 21.4 Å². The molecule has 2 N–H and O–H groups in total. The van der Waals surface area contributed by atoms with Gasteiger partial charge in [-0.3, -0.25) is 9.59 Å². The van der Waals surface area contributed by atoms with Gasteiger partial charge in [-0.25, -0.2) is 9.78 Å². The number of thioether (sulfide) groups is 1. The van der Waals surface area contributed by atoms with E-state index < -0.39 is 18.0 Å². The van der Waals surface area contributed by atoms with E-state index in [0.717, 1.165) is 5.56 Å². The Balaban J connectivity index is 1.57. The van der Waals surface area contributed by atoms with Crippen LogP contribution in [0, 0.1) is 6.92 Å². The summed E-state index contributed by atoms with van der Waals surface area (Å²) in [6, 6.07) is 17.4. The number of benzene rings is 2. The Labute approximate surface area is 200 Å². The summed E-state index contributed by atoms with van der Waals surface area (Å²) in [7, 11) is 0. The first kappa shape index (κ1) is 24.3. The van der Waals surface area contributed by atoms with Gasteiger partial charge in [-0.05, 0) is 50.2 Å². The van der Waals surface area contributed by atoms with Crippen LogP contribution in [0.3, 0.4) is 0 Å². The summed E-state index contributed by atoms with van der Waals surface area (Å²) in [5, 5.41) is 5.82. The van der Waals surface area contributed by atoms with Crippen LogP contribution in [0.25, 0.3) is 0 Å². The number of nitrogens with one attached hydrogen (secondary N) is 2. The molecule has 1 heterocycles. The number of halogens is 1. The number of amides is 2. The van der Waals surface area contributed by atoms with Gasteiger partial charge in [0.1, 0.15) is 5.82 Å². The molecular formula is C24H22ClN3O4S. The Morgan fingerprint density at radius 3 is 2.45 bits per heavy atom. The van der Waals surface area contributed by atoms with E-state index in [1.165, 1.54) is 24.9 Å². The molecule has 0 unspecified atom stereocenters. The number of hydrogen-bond acceptors (Lipinski definition) is 6. The Bertz CT molecular complexity index is 1140. The summed E-state index contributed by atoms with van der Waals surface area (Å²) in [6.07, 6.45) is 0.342. The largest absolute Gasteiger partial charge is 0.449 e. The van der Waals surface area contributed by atoms with Crippen LogP contribution in [-0.4, -0.2) is 34.6 Å². The van der Waals surface area contributed by atoms with Gasteiger partial charge in [0.25, 0.3) is 5.91 Å². The summed E-state index contributed by atoms with van der Waals surface area (Å²) in [5.41, 5.74) is 2.07. The third kappa shape index (κ3) is 7.34. The molecule has 7 nitrogen and oxygen atoms in total. The summed E-state index contributed by atoms with van der Waals surface area (Å²) >= 11 is 6.99. The van der Waals surface area contributed by atoms with Gasteiger partial charge < -0.3 is 15.4 Å². The molecule has 1 aromatic heterocycles. The lowest BCUT2D eigenvalue weighted by Gasteiger charge is -2.15. The van der Waals surface area contributed by atoms with Gasteiger partial charge in [0.2, 0.25) is 5.91 Å². The average Bonchev–Trinajstić information content (AvgIpc) is 2.80. The Kier molecular flexibility index (Phi) is 8.46. The Morgan fingerprint density at radius 2 is 1.76 bits per heavy atom. The highest BCUT2D eigenvalue weighted by molar-refractivity contribution is 8.00. The highest BCUT2D eigenvalue weighted by atomic mass is 35.5. The van der Waals surface area contributed by atoms with E-state index >= 15 is 0 Å². The third-order valence-corrected chi connectivity index (χ3v) is 5.73. The monoisotopic (exact) mass is 483 g/mol. The first-order valence-corrected chi connectivity index (χ1v) is 11.4. The van der Waals surface area contributed by atoms with Crippen molar-refractivity contribution < 1.29 is 19.1 Å². The number of carbonyl (C=O) groups excluding carboxylic acids is 3. The van der Waals surface area contributed by atoms with Crippen molar-refractivity contribution >= 4 is 52.7 Å². The number of nitrogens with zero attached hydrogens (tertiary/aromatic N) is 1. The molecule has 0 spiro atoms. The first-order chi connectivity index (χ1) is 15.8. The molecule has 1 atom stereocenters. The molecule has 0 fully saturated rings. The number of rotatable bonds is 8.